The van der Waals surface area contributed by atoms with Gasteiger partial charge in [0.15, 0.2) is 0 Å². The molecule has 0 radical (unpaired) electrons. The van der Waals surface area contributed by atoms with Gasteiger partial charge < -0.3 is 9.64 Å². The fraction of sp³-hybridized carbons (Fsp3) is 0.458. The van der Waals surface area contributed by atoms with Crippen LogP contribution in [0.25, 0.3) is 0 Å². The maximum Gasteiger partial charge on any atom is 0.410 e. The molecule has 0 aromatic heterocycles. The highest BCUT2D eigenvalue weighted by molar-refractivity contribution is 5.69. The second kappa shape index (κ2) is 9.42. The topological polar surface area (TPSA) is 36.0 Å². The molecule has 2 heterocycles. The largest absolute Gasteiger partial charge is 0.443 e. The minimum atomic E-state index is -0.149. The van der Waals surface area contributed by atoms with Gasteiger partial charge in [-0.1, -0.05) is 67.6 Å². The van der Waals surface area contributed by atoms with Gasteiger partial charge in [0.1, 0.15) is 6.10 Å². The number of hydrogen-bond acceptors (Lipinski definition) is 4. The number of nitrogens with zero attached hydrogens (tertiary/aromatic N) is 3. The van der Waals surface area contributed by atoms with Gasteiger partial charge in [0.25, 0.3) is 0 Å². The van der Waals surface area contributed by atoms with Crippen molar-refractivity contribution in [2.24, 2.45) is 0 Å². The number of rotatable bonds is 7. The van der Waals surface area contributed by atoms with Gasteiger partial charge in [0.05, 0.1) is 12.6 Å². The molecule has 0 spiro atoms. The number of hydrogen-bond donors (Lipinski definition) is 0. The summed E-state index contributed by atoms with van der Waals surface area (Å²) in [6, 6.07) is 21.8. The van der Waals surface area contributed by atoms with Crippen LogP contribution >= 0.6 is 0 Å². The Morgan fingerprint density at radius 1 is 0.931 bits per heavy atom. The summed E-state index contributed by atoms with van der Waals surface area (Å²) < 4.78 is 5.57. The Kier molecular flexibility index (Phi) is 6.47. The van der Waals surface area contributed by atoms with Crippen LogP contribution in [0.2, 0.25) is 0 Å². The van der Waals surface area contributed by atoms with E-state index in [9.17, 15) is 4.79 Å². The molecular formula is C24H31N3O2. The standard InChI is InChI=1S/C24H31N3O2/c1-2-13-27-19-22(29-24(27)28)18-25-14-16-26(17-15-25)23(20-9-5-3-6-10-20)21-11-7-4-8-12-21/h3-12,22-23H,2,13-19H2,1H3. The summed E-state index contributed by atoms with van der Waals surface area (Å²) in [5.74, 6) is 0. The molecule has 0 saturated carbocycles. The zero-order valence-corrected chi connectivity index (χ0v) is 17.2. The predicted octanol–water partition coefficient (Wildman–Crippen LogP) is 3.62. The third kappa shape index (κ3) is 4.80. The van der Waals surface area contributed by atoms with Crippen LogP contribution in [0, 0.1) is 0 Å². The first-order chi connectivity index (χ1) is 14.2. The Hall–Kier alpha value is -2.37. The Morgan fingerprint density at radius 2 is 1.52 bits per heavy atom. The predicted molar refractivity (Wildman–Crippen MR) is 115 cm³/mol. The average molecular weight is 394 g/mol. The lowest BCUT2D eigenvalue weighted by atomic mass is 9.96. The van der Waals surface area contributed by atoms with E-state index in [0.29, 0.717) is 0 Å². The van der Waals surface area contributed by atoms with Gasteiger partial charge in [-0.3, -0.25) is 9.80 Å². The molecule has 2 aromatic carbocycles. The van der Waals surface area contributed by atoms with Crippen molar-refractivity contribution in [1.29, 1.82) is 0 Å². The summed E-state index contributed by atoms with van der Waals surface area (Å²) in [5, 5.41) is 0. The van der Waals surface area contributed by atoms with Crippen molar-refractivity contribution >= 4 is 6.09 Å². The average Bonchev–Trinajstić information content (AvgIpc) is 3.10. The molecule has 0 aliphatic carbocycles. The van der Waals surface area contributed by atoms with E-state index in [2.05, 4.69) is 77.4 Å². The molecule has 2 aliphatic heterocycles. The Bertz CT molecular complexity index is 736. The smallest absolute Gasteiger partial charge is 0.410 e. The molecule has 0 bridgehead atoms. The maximum absolute atomic E-state index is 11.9. The molecule has 5 nitrogen and oxygen atoms in total. The van der Waals surface area contributed by atoms with E-state index in [-0.39, 0.29) is 18.2 Å². The first-order valence-corrected chi connectivity index (χ1v) is 10.8. The van der Waals surface area contributed by atoms with Gasteiger partial charge in [-0.25, -0.2) is 4.79 Å². The maximum atomic E-state index is 11.9. The van der Waals surface area contributed by atoms with Crippen molar-refractivity contribution in [2.45, 2.75) is 25.5 Å². The van der Waals surface area contributed by atoms with Crippen LogP contribution in [-0.2, 0) is 4.74 Å². The monoisotopic (exact) mass is 393 g/mol. The van der Waals surface area contributed by atoms with Gasteiger partial charge in [-0.15, -0.1) is 0 Å². The normalized spacial score (nSPS) is 21.0. The minimum absolute atomic E-state index is 0.000330. The van der Waals surface area contributed by atoms with Gasteiger partial charge in [0, 0.05) is 39.3 Å². The summed E-state index contributed by atoms with van der Waals surface area (Å²) in [7, 11) is 0. The SMILES string of the molecule is CCCN1CC(CN2CCN(C(c3ccccc3)c3ccccc3)CC2)OC1=O. The molecule has 154 valence electrons. The number of carbonyl (C=O) groups is 1. The molecule has 2 fully saturated rings. The van der Waals surface area contributed by atoms with Crippen LogP contribution in [-0.4, -0.2) is 72.7 Å². The van der Waals surface area contributed by atoms with E-state index >= 15 is 0 Å². The highest BCUT2D eigenvalue weighted by atomic mass is 16.6. The van der Waals surface area contributed by atoms with Crippen molar-refractivity contribution in [1.82, 2.24) is 14.7 Å². The van der Waals surface area contributed by atoms with Crippen molar-refractivity contribution in [2.75, 3.05) is 45.8 Å². The van der Waals surface area contributed by atoms with Crippen molar-refractivity contribution in [3.8, 4) is 0 Å². The summed E-state index contributed by atoms with van der Waals surface area (Å²) >= 11 is 0. The third-order valence-corrected chi connectivity index (χ3v) is 5.91. The Morgan fingerprint density at radius 3 is 2.07 bits per heavy atom. The highest BCUT2D eigenvalue weighted by Crippen LogP contribution is 2.29. The second-order valence-electron chi connectivity index (χ2n) is 8.01. The number of carbonyl (C=O) groups excluding carboxylic acids is 1. The Labute approximate surface area is 173 Å². The summed E-state index contributed by atoms with van der Waals surface area (Å²) in [5.41, 5.74) is 2.68. The fourth-order valence-electron chi connectivity index (χ4n) is 4.50. The van der Waals surface area contributed by atoms with Crippen LogP contribution in [0.3, 0.4) is 0 Å². The van der Waals surface area contributed by atoms with Gasteiger partial charge in [-0.05, 0) is 17.5 Å². The molecule has 1 amide bonds. The molecule has 29 heavy (non-hydrogen) atoms. The fourth-order valence-corrected chi connectivity index (χ4v) is 4.50. The molecule has 0 N–H and O–H groups in total. The van der Waals surface area contributed by atoms with Crippen LogP contribution in [0.5, 0.6) is 0 Å². The lowest BCUT2D eigenvalue weighted by molar-refractivity contribution is 0.0670. The quantitative estimate of drug-likeness (QED) is 0.720. The van der Waals surface area contributed by atoms with Crippen LogP contribution in [0.1, 0.15) is 30.5 Å². The first kappa shape index (κ1) is 19.9. The van der Waals surface area contributed by atoms with Crippen LogP contribution in [0.4, 0.5) is 4.79 Å². The number of benzene rings is 2. The van der Waals surface area contributed by atoms with Crippen molar-refractivity contribution < 1.29 is 9.53 Å². The van der Waals surface area contributed by atoms with E-state index < -0.39 is 0 Å². The summed E-state index contributed by atoms with van der Waals surface area (Å²) in [4.78, 5) is 18.8. The zero-order chi connectivity index (χ0) is 20.1. The van der Waals surface area contributed by atoms with Gasteiger partial charge in [-0.2, -0.15) is 0 Å². The molecule has 1 atom stereocenters. The minimum Gasteiger partial charge on any atom is -0.443 e. The van der Waals surface area contributed by atoms with Crippen LogP contribution in [0.15, 0.2) is 60.7 Å². The van der Waals surface area contributed by atoms with Gasteiger partial charge in [0.2, 0.25) is 0 Å². The lowest BCUT2D eigenvalue weighted by Crippen LogP contribution is -2.50. The van der Waals surface area contributed by atoms with E-state index in [0.717, 1.165) is 52.2 Å². The number of piperazine rings is 1. The Balaban J connectivity index is 1.38. The molecule has 2 saturated heterocycles. The molecule has 5 heteroatoms. The molecule has 2 aromatic rings. The summed E-state index contributed by atoms with van der Waals surface area (Å²) in [6.45, 7) is 8.46. The molecule has 1 unspecified atom stereocenters. The number of cyclic esters (lactones) is 1. The second-order valence-corrected chi connectivity index (χ2v) is 8.01. The van der Waals surface area contributed by atoms with E-state index in [1.165, 1.54) is 11.1 Å². The number of ether oxygens (including phenoxy) is 1. The number of amides is 1. The van der Waals surface area contributed by atoms with E-state index in [4.69, 9.17) is 4.74 Å². The molecule has 2 aliphatic rings. The molecular weight excluding hydrogens is 362 g/mol. The lowest BCUT2D eigenvalue weighted by Gasteiger charge is -2.40. The van der Waals surface area contributed by atoms with Crippen molar-refractivity contribution in [3.05, 3.63) is 71.8 Å². The first-order valence-electron chi connectivity index (χ1n) is 10.8. The zero-order valence-electron chi connectivity index (χ0n) is 17.2. The third-order valence-electron chi connectivity index (χ3n) is 5.91. The van der Waals surface area contributed by atoms with E-state index in [1.54, 1.807) is 0 Å². The van der Waals surface area contributed by atoms with Crippen LogP contribution < -0.4 is 0 Å². The van der Waals surface area contributed by atoms with Crippen molar-refractivity contribution in [3.63, 3.8) is 0 Å². The summed E-state index contributed by atoms with van der Waals surface area (Å²) in [6.07, 6.45) is 0.823. The molecule has 4 rings (SSSR count). The van der Waals surface area contributed by atoms with E-state index in [1.807, 2.05) is 4.90 Å². The van der Waals surface area contributed by atoms with Gasteiger partial charge >= 0.3 is 6.09 Å². The highest BCUT2D eigenvalue weighted by Gasteiger charge is 2.33.